The molecule has 1 heterocycles. The summed E-state index contributed by atoms with van der Waals surface area (Å²) < 4.78 is 42.9. The highest BCUT2D eigenvalue weighted by Crippen LogP contribution is 2.31. The predicted octanol–water partition coefficient (Wildman–Crippen LogP) is 4.62. The first-order valence-corrected chi connectivity index (χ1v) is 9.00. The van der Waals surface area contributed by atoms with Crippen molar-refractivity contribution >= 4 is 40.2 Å². The van der Waals surface area contributed by atoms with Gasteiger partial charge in [-0.3, -0.25) is 4.79 Å². The Balaban J connectivity index is 1.88. The molecule has 150 valence electrons. The van der Waals surface area contributed by atoms with E-state index < -0.39 is 23.9 Å². The Hall–Kier alpha value is -2.96. The van der Waals surface area contributed by atoms with Gasteiger partial charge >= 0.3 is 18.0 Å². The predicted molar refractivity (Wildman–Crippen MR) is 104 cm³/mol. The topological polar surface area (TPSA) is 105 Å². The fraction of sp³-hybridized carbons (Fsp3) is 0.111. The van der Waals surface area contributed by atoms with E-state index in [0.717, 1.165) is 0 Å². The highest BCUT2D eigenvalue weighted by molar-refractivity contribution is 14.1. The van der Waals surface area contributed by atoms with Crippen molar-refractivity contribution in [3.63, 3.8) is 0 Å². The number of carbonyl (C=O) groups is 2. The van der Waals surface area contributed by atoms with E-state index in [9.17, 15) is 27.9 Å². The standard InChI is InChI=1S/C18H11F3IN3O4/c1-8-7-9(15-24-25-17(29-15)18(19,20)21)5-6-12(8)23-14(26)13-10(16(27)28)3-2-4-11(13)22/h2-7H,1H3,(H,23,26)(H,27,28). The Labute approximate surface area is 175 Å². The number of anilines is 1. The van der Waals surface area contributed by atoms with Crippen LogP contribution in [0.1, 0.15) is 32.2 Å². The van der Waals surface area contributed by atoms with Crippen LogP contribution in [-0.2, 0) is 6.18 Å². The summed E-state index contributed by atoms with van der Waals surface area (Å²) in [5.41, 5.74) is 0.963. The summed E-state index contributed by atoms with van der Waals surface area (Å²) in [4.78, 5) is 24.0. The molecule has 7 nitrogen and oxygen atoms in total. The van der Waals surface area contributed by atoms with Crippen LogP contribution < -0.4 is 5.32 Å². The molecule has 0 saturated carbocycles. The van der Waals surface area contributed by atoms with Crippen LogP contribution in [0.4, 0.5) is 18.9 Å². The van der Waals surface area contributed by atoms with Crippen molar-refractivity contribution in [3.05, 3.63) is 62.5 Å². The smallest absolute Gasteiger partial charge is 0.470 e. The maximum Gasteiger partial charge on any atom is 0.470 e. The molecule has 3 aromatic rings. The van der Waals surface area contributed by atoms with Crippen LogP contribution in [0.15, 0.2) is 40.8 Å². The van der Waals surface area contributed by atoms with Crippen molar-refractivity contribution in [3.8, 4) is 11.5 Å². The number of carbonyl (C=O) groups excluding carboxylic acids is 1. The van der Waals surface area contributed by atoms with E-state index in [-0.39, 0.29) is 22.6 Å². The molecule has 1 amide bonds. The number of benzene rings is 2. The van der Waals surface area contributed by atoms with Gasteiger partial charge in [0, 0.05) is 14.8 Å². The lowest BCUT2D eigenvalue weighted by Crippen LogP contribution is -2.18. The molecule has 11 heteroatoms. The number of halogens is 4. The molecule has 0 bridgehead atoms. The molecule has 2 aromatic carbocycles. The van der Waals surface area contributed by atoms with Crippen molar-refractivity contribution in [2.24, 2.45) is 0 Å². The molecule has 0 aliphatic rings. The van der Waals surface area contributed by atoms with Crippen LogP contribution in [0.25, 0.3) is 11.5 Å². The first-order valence-electron chi connectivity index (χ1n) is 7.93. The summed E-state index contributed by atoms with van der Waals surface area (Å²) in [6.45, 7) is 1.62. The molecule has 0 unspecified atom stereocenters. The number of nitrogens with one attached hydrogen (secondary N) is 1. The fourth-order valence-electron chi connectivity index (χ4n) is 2.51. The zero-order valence-electron chi connectivity index (χ0n) is 14.5. The van der Waals surface area contributed by atoms with Gasteiger partial charge in [-0.05, 0) is 65.4 Å². The van der Waals surface area contributed by atoms with Gasteiger partial charge in [0.05, 0.1) is 11.1 Å². The minimum Gasteiger partial charge on any atom is -0.478 e. The average molecular weight is 517 g/mol. The number of rotatable bonds is 4. The van der Waals surface area contributed by atoms with Crippen LogP contribution in [0, 0.1) is 10.5 Å². The van der Waals surface area contributed by atoms with Crippen LogP contribution >= 0.6 is 22.6 Å². The Kier molecular flexibility index (Phi) is 5.59. The zero-order valence-corrected chi connectivity index (χ0v) is 16.7. The molecule has 0 atom stereocenters. The summed E-state index contributed by atoms with van der Waals surface area (Å²) in [6.07, 6.45) is -4.75. The van der Waals surface area contributed by atoms with Crippen molar-refractivity contribution in [1.82, 2.24) is 10.2 Å². The summed E-state index contributed by atoms with van der Waals surface area (Å²) in [7, 11) is 0. The van der Waals surface area contributed by atoms with Gasteiger partial charge in [0.2, 0.25) is 5.89 Å². The Morgan fingerprint density at radius 1 is 1.17 bits per heavy atom. The molecule has 29 heavy (non-hydrogen) atoms. The van der Waals surface area contributed by atoms with Gasteiger partial charge in [-0.25, -0.2) is 4.79 Å². The Bertz CT molecular complexity index is 1110. The van der Waals surface area contributed by atoms with Crippen molar-refractivity contribution in [2.75, 3.05) is 5.32 Å². The lowest BCUT2D eigenvalue weighted by Gasteiger charge is -2.12. The third kappa shape index (κ3) is 4.39. The Morgan fingerprint density at radius 3 is 2.48 bits per heavy atom. The minimum absolute atomic E-state index is 0.01000. The number of hydrogen-bond donors (Lipinski definition) is 2. The summed E-state index contributed by atoms with van der Waals surface area (Å²) in [5, 5.41) is 18.3. The van der Waals surface area contributed by atoms with Gasteiger partial charge in [0.1, 0.15) is 0 Å². The first-order chi connectivity index (χ1) is 13.6. The maximum atomic E-state index is 12.6. The second-order valence-corrected chi connectivity index (χ2v) is 7.02. The highest BCUT2D eigenvalue weighted by atomic mass is 127. The van der Waals surface area contributed by atoms with Gasteiger partial charge in [0.25, 0.3) is 5.91 Å². The second-order valence-electron chi connectivity index (χ2n) is 5.86. The lowest BCUT2D eigenvalue weighted by atomic mass is 10.1. The lowest BCUT2D eigenvalue weighted by molar-refractivity contribution is -0.156. The molecule has 0 spiro atoms. The number of aryl methyl sites for hydroxylation is 1. The van der Waals surface area contributed by atoms with Crippen LogP contribution in [-0.4, -0.2) is 27.2 Å². The molecule has 0 radical (unpaired) electrons. The number of amides is 1. The second kappa shape index (κ2) is 7.81. The molecule has 2 N–H and O–H groups in total. The molecule has 3 rings (SSSR count). The summed E-state index contributed by atoms with van der Waals surface area (Å²) in [5.74, 6) is -3.63. The van der Waals surface area contributed by atoms with Gasteiger partial charge in [-0.2, -0.15) is 13.2 Å². The molecule has 1 aromatic heterocycles. The minimum atomic E-state index is -4.75. The third-order valence-corrected chi connectivity index (χ3v) is 4.76. The summed E-state index contributed by atoms with van der Waals surface area (Å²) >= 11 is 1.86. The van der Waals surface area contributed by atoms with Gasteiger partial charge < -0.3 is 14.8 Å². The van der Waals surface area contributed by atoms with E-state index in [1.54, 1.807) is 13.0 Å². The van der Waals surface area contributed by atoms with E-state index in [4.69, 9.17) is 0 Å². The van der Waals surface area contributed by atoms with Gasteiger partial charge in [-0.1, -0.05) is 6.07 Å². The molecule has 0 aliphatic heterocycles. The van der Waals surface area contributed by atoms with Crippen molar-refractivity contribution in [1.29, 1.82) is 0 Å². The van der Waals surface area contributed by atoms with Crippen molar-refractivity contribution in [2.45, 2.75) is 13.1 Å². The van der Waals surface area contributed by atoms with Crippen LogP contribution in [0.2, 0.25) is 0 Å². The Morgan fingerprint density at radius 2 is 1.90 bits per heavy atom. The van der Waals surface area contributed by atoms with E-state index in [0.29, 0.717) is 14.8 Å². The number of alkyl halides is 3. The summed E-state index contributed by atoms with van der Waals surface area (Å²) in [6, 6.07) is 8.79. The number of aromatic nitrogens is 2. The monoisotopic (exact) mass is 517 g/mol. The average Bonchev–Trinajstić information content (AvgIpc) is 3.13. The van der Waals surface area contributed by atoms with Gasteiger partial charge in [0.15, 0.2) is 0 Å². The van der Waals surface area contributed by atoms with E-state index in [2.05, 4.69) is 19.9 Å². The number of carboxylic acids is 1. The molecular formula is C18H11F3IN3O4. The largest absolute Gasteiger partial charge is 0.478 e. The number of carboxylic acid groups (broad SMARTS) is 1. The van der Waals surface area contributed by atoms with Crippen molar-refractivity contribution < 1.29 is 32.3 Å². The normalized spacial score (nSPS) is 11.3. The van der Waals surface area contributed by atoms with Crippen LogP contribution in [0.3, 0.4) is 0 Å². The maximum absolute atomic E-state index is 12.6. The highest BCUT2D eigenvalue weighted by Gasteiger charge is 2.38. The zero-order chi connectivity index (χ0) is 21.3. The molecule has 0 aliphatic carbocycles. The molecule has 0 fully saturated rings. The number of nitrogens with zero attached hydrogens (tertiary/aromatic N) is 2. The fourth-order valence-corrected chi connectivity index (χ4v) is 3.25. The number of aromatic carboxylic acids is 1. The third-order valence-electron chi connectivity index (χ3n) is 3.86. The molecular weight excluding hydrogens is 506 g/mol. The SMILES string of the molecule is Cc1cc(-c2nnc(C(F)(F)F)o2)ccc1NC(=O)c1c(I)cccc1C(=O)O. The quantitative estimate of drug-likeness (QED) is 0.490. The molecule has 0 saturated heterocycles. The van der Waals surface area contributed by atoms with E-state index >= 15 is 0 Å². The first kappa shape index (κ1) is 20.8. The number of hydrogen-bond acceptors (Lipinski definition) is 5. The van der Waals surface area contributed by atoms with E-state index in [1.807, 2.05) is 22.6 Å². The van der Waals surface area contributed by atoms with Gasteiger partial charge in [-0.15, -0.1) is 10.2 Å². The van der Waals surface area contributed by atoms with E-state index in [1.165, 1.54) is 30.3 Å². The van der Waals surface area contributed by atoms with Crippen LogP contribution in [0.5, 0.6) is 0 Å².